The average Bonchev–Trinajstić information content (AvgIpc) is 3.08. The predicted octanol–water partition coefficient (Wildman–Crippen LogP) is 5.12. The quantitative estimate of drug-likeness (QED) is 0.143. The molecule has 1 N–H and O–H groups in total. The summed E-state index contributed by atoms with van der Waals surface area (Å²) in [7, 11) is 0. The van der Waals surface area contributed by atoms with Crippen LogP contribution in [0.25, 0.3) is 0 Å². The summed E-state index contributed by atoms with van der Waals surface area (Å²) in [4.78, 5) is 40.2. The molecule has 3 aromatic rings. The summed E-state index contributed by atoms with van der Waals surface area (Å²) in [6.07, 6.45) is 0.531. The van der Waals surface area contributed by atoms with E-state index in [4.69, 9.17) is 9.47 Å². The van der Waals surface area contributed by atoms with Crippen LogP contribution >= 0.6 is 0 Å². The van der Waals surface area contributed by atoms with E-state index < -0.39 is 59.9 Å². The van der Waals surface area contributed by atoms with Crippen molar-refractivity contribution in [3.8, 4) is 5.75 Å². The maximum atomic E-state index is 14.5. The van der Waals surface area contributed by atoms with Gasteiger partial charge in [-0.3, -0.25) is 9.59 Å². The number of carbonyl (C=O) groups excluding carboxylic acids is 2. The second-order valence-electron chi connectivity index (χ2n) is 11.7. The van der Waals surface area contributed by atoms with Gasteiger partial charge >= 0.3 is 12.1 Å². The molecule has 2 aromatic carbocycles. The van der Waals surface area contributed by atoms with Crippen molar-refractivity contribution in [2.75, 3.05) is 18.1 Å². The number of rotatable bonds is 10. The Labute approximate surface area is 258 Å². The van der Waals surface area contributed by atoms with Crippen molar-refractivity contribution in [2.45, 2.75) is 58.7 Å². The van der Waals surface area contributed by atoms with Crippen molar-refractivity contribution < 1.29 is 46.9 Å². The molecule has 0 saturated heterocycles. The van der Waals surface area contributed by atoms with E-state index in [0.29, 0.717) is 28.0 Å². The number of hydrogen-bond acceptors (Lipinski definition) is 6. The third-order valence-corrected chi connectivity index (χ3v) is 7.05. The number of carbonyl (C=O) groups is 3. The average molecular weight is 630 g/mol. The summed E-state index contributed by atoms with van der Waals surface area (Å²) in [6.45, 7) is 4.93. The van der Waals surface area contributed by atoms with Crippen molar-refractivity contribution in [1.82, 2.24) is 4.90 Å². The van der Waals surface area contributed by atoms with Crippen LogP contribution in [0.4, 0.5) is 23.8 Å². The Morgan fingerprint density at radius 2 is 1.84 bits per heavy atom. The minimum atomic E-state index is -1.66. The van der Waals surface area contributed by atoms with Gasteiger partial charge in [0.2, 0.25) is 5.91 Å². The maximum Gasteiger partial charge on any atom is 0.507 e. The number of halogens is 3. The monoisotopic (exact) mass is 629 g/mol. The van der Waals surface area contributed by atoms with E-state index in [0.717, 1.165) is 12.1 Å². The molecule has 240 valence electrons. The molecule has 2 amide bonds. The van der Waals surface area contributed by atoms with Crippen LogP contribution < -0.4 is 14.4 Å². The molecule has 1 aliphatic rings. The number of anilines is 1. The van der Waals surface area contributed by atoms with E-state index in [9.17, 15) is 37.9 Å². The van der Waals surface area contributed by atoms with Gasteiger partial charge < -0.3 is 24.7 Å². The van der Waals surface area contributed by atoms with Crippen LogP contribution in [-0.4, -0.2) is 46.7 Å². The number of ether oxygens (including phenoxy) is 2. The number of pyridine rings is 1. The lowest BCUT2D eigenvalue weighted by atomic mass is 9.94. The number of aromatic nitrogens is 1. The van der Waals surface area contributed by atoms with E-state index in [2.05, 4.69) is 0 Å². The van der Waals surface area contributed by atoms with Crippen LogP contribution in [0.5, 0.6) is 5.75 Å². The molecular formula is C32H34F3N3O7. The SMILES string of the molecule is CC(C)(C)OC(=O)N(CCCOc1ccc2c(c1)CN(Cc1ccc(F)c(F)c1F)C(=O)C(CC(=O)O)C2)c1cccc[n+]1[O-]. The maximum absolute atomic E-state index is 14.5. The molecule has 0 bridgehead atoms. The van der Waals surface area contributed by atoms with Crippen molar-refractivity contribution >= 4 is 23.8 Å². The van der Waals surface area contributed by atoms with E-state index >= 15 is 0 Å². The molecule has 0 spiro atoms. The van der Waals surface area contributed by atoms with Crippen LogP contribution in [0.15, 0.2) is 54.7 Å². The third-order valence-electron chi connectivity index (χ3n) is 7.05. The molecule has 4 rings (SSSR count). The topological polar surface area (TPSA) is 123 Å². The Bertz CT molecular complexity index is 1580. The lowest BCUT2D eigenvalue weighted by Gasteiger charge is -2.24. The molecule has 0 fully saturated rings. The molecule has 1 unspecified atom stereocenters. The fraction of sp³-hybridized carbons (Fsp3) is 0.375. The summed E-state index contributed by atoms with van der Waals surface area (Å²) in [6, 6.07) is 11.5. The zero-order chi connectivity index (χ0) is 32.9. The minimum Gasteiger partial charge on any atom is -0.711 e. The molecule has 10 nitrogen and oxygen atoms in total. The first-order chi connectivity index (χ1) is 21.2. The zero-order valence-corrected chi connectivity index (χ0v) is 25.1. The second kappa shape index (κ2) is 13.9. The number of aliphatic carboxylic acids is 1. The molecule has 0 radical (unpaired) electrons. The first-order valence-electron chi connectivity index (χ1n) is 14.3. The highest BCUT2D eigenvalue weighted by atomic mass is 19.2. The highest BCUT2D eigenvalue weighted by Gasteiger charge is 2.33. The van der Waals surface area contributed by atoms with Crippen molar-refractivity contribution in [3.63, 3.8) is 0 Å². The van der Waals surface area contributed by atoms with E-state index in [1.807, 2.05) is 0 Å². The van der Waals surface area contributed by atoms with Crippen molar-refractivity contribution in [2.24, 2.45) is 5.92 Å². The van der Waals surface area contributed by atoms with Gasteiger partial charge in [0.1, 0.15) is 17.9 Å². The third kappa shape index (κ3) is 8.43. The molecule has 1 atom stereocenters. The lowest BCUT2D eigenvalue weighted by molar-refractivity contribution is -0.591. The summed E-state index contributed by atoms with van der Waals surface area (Å²) >= 11 is 0. The minimum absolute atomic E-state index is 0.0517. The van der Waals surface area contributed by atoms with E-state index in [1.54, 1.807) is 45.0 Å². The van der Waals surface area contributed by atoms with Crippen molar-refractivity contribution in [3.05, 3.63) is 94.1 Å². The largest absolute Gasteiger partial charge is 0.711 e. The van der Waals surface area contributed by atoms with Gasteiger partial charge in [-0.25, -0.2) is 17.9 Å². The van der Waals surface area contributed by atoms with Crippen LogP contribution in [0.2, 0.25) is 0 Å². The van der Waals surface area contributed by atoms with Crippen LogP contribution in [-0.2, 0) is 33.8 Å². The Kier molecular flexibility index (Phi) is 10.2. The number of nitrogens with zero attached hydrogens (tertiary/aromatic N) is 3. The Morgan fingerprint density at radius 1 is 1.09 bits per heavy atom. The zero-order valence-electron chi connectivity index (χ0n) is 25.1. The molecule has 0 aliphatic carbocycles. The first-order valence-corrected chi connectivity index (χ1v) is 14.3. The summed E-state index contributed by atoms with van der Waals surface area (Å²) < 4.78 is 53.8. The van der Waals surface area contributed by atoms with E-state index in [1.165, 1.54) is 28.1 Å². The van der Waals surface area contributed by atoms with Crippen molar-refractivity contribution in [1.29, 1.82) is 0 Å². The first kappa shape index (κ1) is 33.1. The molecule has 2 heterocycles. The lowest BCUT2D eigenvalue weighted by Crippen LogP contribution is -2.44. The summed E-state index contributed by atoms with van der Waals surface area (Å²) in [5, 5.41) is 21.8. The summed E-state index contributed by atoms with van der Waals surface area (Å²) in [5.74, 6) is -6.63. The molecule has 45 heavy (non-hydrogen) atoms. The standard InChI is InChI=1S/C32H34F3N3O7/c1-32(2,3)45-31(42)37(26-7-4-5-13-38(26)43)12-6-14-44-24-10-8-20-15-22(17-27(39)40)30(41)36(19-23(20)16-24)18-21-9-11-25(33)29(35)28(21)34/h4-5,7-11,13,16,22H,6,12,14-15,17-19H2,1-3H3,(H,39,40). The number of fused-ring (bicyclic) bond motifs is 1. The number of carboxylic acids is 1. The highest BCUT2D eigenvalue weighted by molar-refractivity contribution is 5.86. The van der Waals surface area contributed by atoms with Gasteiger partial charge in [0, 0.05) is 31.1 Å². The Hall–Kier alpha value is -4.81. The smallest absolute Gasteiger partial charge is 0.507 e. The molecule has 1 aromatic heterocycles. The van der Waals surface area contributed by atoms with Gasteiger partial charge in [0.05, 0.1) is 25.1 Å². The van der Waals surface area contributed by atoms with E-state index in [-0.39, 0.29) is 37.5 Å². The molecular weight excluding hydrogens is 595 g/mol. The second-order valence-corrected chi connectivity index (χ2v) is 11.7. The number of carboxylic acid groups (broad SMARTS) is 1. The van der Waals surface area contributed by atoms with Gasteiger partial charge in [0.15, 0.2) is 17.5 Å². The van der Waals surface area contributed by atoms with Gasteiger partial charge in [-0.1, -0.05) is 18.2 Å². The fourth-order valence-corrected chi connectivity index (χ4v) is 4.99. The highest BCUT2D eigenvalue weighted by Crippen LogP contribution is 2.30. The molecule has 0 saturated carbocycles. The summed E-state index contributed by atoms with van der Waals surface area (Å²) in [5.41, 5.74) is 0.268. The number of hydrogen-bond donors (Lipinski definition) is 1. The number of amides is 2. The Morgan fingerprint density at radius 3 is 2.53 bits per heavy atom. The van der Waals surface area contributed by atoms with Gasteiger partial charge in [-0.05, 0) is 62.6 Å². The van der Waals surface area contributed by atoms with Crippen LogP contribution in [0, 0.1) is 28.6 Å². The molecule has 13 heteroatoms. The molecule has 1 aliphatic heterocycles. The van der Waals surface area contributed by atoms with Gasteiger partial charge in [-0.2, -0.15) is 9.69 Å². The van der Waals surface area contributed by atoms with Gasteiger partial charge in [0.25, 0.3) is 5.82 Å². The number of benzene rings is 2. The van der Waals surface area contributed by atoms with Crippen LogP contribution in [0.1, 0.15) is 50.3 Å². The fourth-order valence-electron chi connectivity index (χ4n) is 4.99. The van der Waals surface area contributed by atoms with Crippen LogP contribution in [0.3, 0.4) is 0 Å². The Balaban J connectivity index is 1.50. The predicted molar refractivity (Wildman–Crippen MR) is 156 cm³/mol. The normalized spacial score (nSPS) is 14.8. The van der Waals surface area contributed by atoms with Gasteiger partial charge in [-0.15, -0.1) is 0 Å².